The summed E-state index contributed by atoms with van der Waals surface area (Å²) in [6, 6.07) is 9.60. The van der Waals surface area contributed by atoms with Gasteiger partial charge in [0.2, 0.25) is 5.91 Å². The standard InChI is InChI=1S/C24H24N6O8S2/c31-9-15(10-32)38-21(11-33)30-14-29-22-23(30)27-13-28-24(22)39-12-20(34)26-8-7-25-18-5-1-4-17-16(18)3-2-6-19(17)40(35,36)37/h1-6,9,11,13-15,21,25,32H,7-8,10,12H2,(H,26,34)(H,35,36,37)/t15-,21+/m0/s1. The number of nitrogens with one attached hydrogen (secondary N) is 2. The van der Waals surface area contributed by atoms with Gasteiger partial charge in [-0.3, -0.25) is 18.7 Å². The summed E-state index contributed by atoms with van der Waals surface area (Å²) in [4.78, 5) is 47.2. The van der Waals surface area contributed by atoms with Crippen molar-refractivity contribution in [2.24, 2.45) is 0 Å². The summed E-state index contributed by atoms with van der Waals surface area (Å²) in [7, 11) is -4.38. The molecule has 1 amide bonds. The van der Waals surface area contributed by atoms with Crippen molar-refractivity contribution in [2.45, 2.75) is 22.3 Å². The number of fused-ring (bicyclic) bond motifs is 2. The minimum Gasteiger partial charge on any atom is -0.393 e. The van der Waals surface area contributed by atoms with Gasteiger partial charge in [-0.25, -0.2) is 15.0 Å². The van der Waals surface area contributed by atoms with Crippen molar-refractivity contribution < 1.29 is 37.2 Å². The number of carbonyl (C=O) groups excluding carboxylic acids is 3. The van der Waals surface area contributed by atoms with Crippen LogP contribution in [0.4, 0.5) is 5.69 Å². The van der Waals surface area contributed by atoms with Gasteiger partial charge in [-0.15, -0.1) is 0 Å². The molecule has 2 heterocycles. The summed E-state index contributed by atoms with van der Waals surface area (Å²) in [6.07, 6.45) is 0.901. The van der Waals surface area contributed by atoms with E-state index in [0.717, 1.165) is 11.8 Å². The highest BCUT2D eigenvalue weighted by Gasteiger charge is 2.21. The van der Waals surface area contributed by atoms with E-state index >= 15 is 0 Å². The molecule has 4 rings (SSSR count). The third-order valence-corrected chi connectivity index (χ3v) is 7.51. The normalized spacial score (nSPS) is 13.2. The number of imidazole rings is 1. The zero-order chi connectivity index (χ0) is 28.7. The third kappa shape index (κ3) is 6.60. The Hall–Kier alpha value is -3.96. The Bertz CT molecular complexity index is 1650. The summed E-state index contributed by atoms with van der Waals surface area (Å²) in [5, 5.41) is 16.5. The highest BCUT2D eigenvalue weighted by Crippen LogP contribution is 2.29. The summed E-state index contributed by atoms with van der Waals surface area (Å²) in [5.41, 5.74) is 1.21. The second-order valence-electron chi connectivity index (χ2n) is 8.22. The number of benzene rings is 2. The van der Waals surface area contributed by atoms with Crippen molar-refractivity contribution in [3.05, 3.63) is 49.1 Å². The number of anilines is 1. The number of hydrogen-bond donors (Lipinski definition) is 4. The Morgan fingerprint density at radius 3 is 2.58 bits per heavy atom. The van der Waals surface area contributed by atoms with Gasteiger partial charge in [-0.05, 0) is 12.1 Å². The molecule has 210 valence electrons. The molecular weight excluding hydrogens is 564 g/mol. The minimum absolute atomic E-state index is 0.0102. The molecule has 16 heteroatoms. The molecule has 40 heavy (non-hydrogen) atoms. The van der Waals surface area contributed by atoms with Gasteiger partial charge >= 0.3 is 0 Å². The van der Waals surface area contributed by atoms with E-state index in [9.17, 15) is 27.4 Å². The first-order valence-corrected chi connectivity index (χ1v) is 14.2. The lowest BCUT2D eigenvalue weighted by Gasteiger charge is -2.16. The average Bonchev–Trinajstić information content (AvgIpc) is 3.39. The smallest absolute Gasteiger partial charge is 0.295 e. The molecule has 0 bridgehead atoms. The van der Waals surface area contributed by atoms with E-state index in [1.165, 1.54) is 29.4 Å². The number of aliphatic hydroxyl groups excluding tert-OH is 1. The summed E-state index contributed by atoms with van der Waals surface area (Å²) < 4.78 is 39.4. The molecule has 2 aromatic heterocycles. The van der Waals surface area contributed by atoms with E-state index in [1.807, 2.05) is 0 Å². The highest BCUT2D eigenvalue weighted by molar-refractivity contribution is 8.00. The van der Waals surface area contributed by atoms with Gasteiger partial charge in [0.15, 0.2) is 24.4 Å². The van der Waals surface area contributed by atoms with E-state index in [0.29, 0.717) is 46.1 Å². The van der Waals surface area contributed by atoms with Gasteiger partial charge < -0.3 is 25.3 Å². The van der Waals surface area contributed by atoms with Crippen molar-refractivity contribution >= 4 is 68.0 Å². The summed E-state index contributed by atoms with van der Waals surface area (Å²) in [5.74, 6) is -0.272. The highest BCUT2D eigenvalue weighted by atomic mass is 32.2. The molecule has 0 saturated heterocycles. The average molecular weight is 589 g/mol. The molecule has 2 aromatic carbocycles. The second-order valence-corrected chi connectivity index (χ2v) is 10.6. The molecule has 0 fully saturated rings. The van der Waals surface area contributed by atoms with Gasteiger partial charge in [0.25, 0.3) is 10.1 Å². The van der Waals surface area contributed by atoms with Crippen molar-refractivity contribution in [1.29, 1.82) is 0 Å². The van der Waals surface area contributed by atoms with Crippen LogP contribution in [0.2, 0.25) is 0 Å². The topological polar surface area (TPSA) is 203 Å². The first kappa shape index (κ1) is 29.0. The van der Waals surface area contributed by atoms with Gasteiger partial charge in [0.1, 0.15) is 27.9 Å². The monoisotopic (exact) mass is 588 g/mol. The lowest BCUT2D eigenvalue weighted by Crippen LogP contribution is -2.30. The lowest BCUT2D eigenvalue weighted by molar-refractivity contribution is -0.139. The zero-order valence-corrected chi connectivity index (χ0v) is 22.3. The van der Waals surface area contributed by atoms with E-state index in [-0.39, 0.29) is 28.7 Å². The number of carbonyl (C=O) groups is 3. The fourth-order valence-electron chi connectivity index (χ4n) is 3.83. The van der Waals surface area contributed by atoms with E-state index < -0.39 is 29.1 Å². The maximum atomic E-state index is 12.4. The van der Waals surface area contributed by atoms with Gasteiger partial charge in [-0.2, -0.15) is 8.42 Å². The molecule has 0 unspecified atom stereocenters. The van der Waals surface area contributed by atoms with Crippen LogP contribution in [0.1, 0.15) is 6.23 Å². The predicted octanol–water partition coefficient (Wildman–Crippen LogP) is 0.821. The maximum Gasteiger partial charge on any atom is 0.295 e. The zero-order valence-electron chi connectivity index (χ0n) is 20.7. The van der Waals surface area contributed by atoms with E-state index in [1.54, 1.807) is 24.3 Å². The van der Waals surface area contributed by atoms with Crippen LogP contribution in [-0.4, -0.2) is 87.6 Å². The van der Waals surface area contributed by atoms with E-state index in [2.05, 4.69) is 25.6 Å². The first-order valence-electron chi connectivity index (χ1n) is 11.7. The lowest BCUT2D eigenvalue weighted by atomic mass is 10.1. The van der Waals surface area contributed by atoms with Crippen LogP contribution < -0.4 is 10.6 Å². The molecule has 0 aliphatic carbocycles. The molecule has 0 aliphatic rings. The second kappa shape index (κ2) is 12.9. The number of aldehydes is 2. The number of thioether (sulfide) groups is 1. The number of hydrogen-bond acceptors (Lipinski definition) is 12. The molecular formula is C24H24N6O8S2. The molecule has 14 nitrogen and oxygen atoms in total. The molecule has 4 aromatic rings. The Morgan fingerprint density at radius 1 is 1.07 bits per heavy atom. The largest absolute Gasteiger partial charge is 0.393 e. The van der Waals surface area contributed by atoms with Crippen LogP contribution in [0.25, 0.3) is 21.9 Å². The molecule has 0 spiro atoms. The molecule has 4 N–H and O–H groups in total. The first-order chi connectivity index (χ1) is 19.3. The van der Waals surface area contributed by atoms with Crippen LogP contribution in [0, 0.1) is 0 Å². The van der Waals surface area contributed by atoms with Crippen LogP contribution in [0.3, 0.4) is 0 Å². The van der Waals surface area contributed by atoms with Gasteiger partial charge in [0.05, 0.1) is 18.7 Å². The molecule has 0 aliphatic heterocycles. The van der Waals surface area contributed by atoms with E-state index in [4.69, 9.17) is 9.84 Å². The number of amides is 1. The van der Waals surface area contributed by atoms with Crippen LogP contribution in [0.5, 0.6) is 0 Å². The number of aromatic nitrogens is 4. The molecule has 0 radical (unpaired) electrons. The third-order valence-electron chi connectivity index (χ3n) is 5.62. The number of rotatable bonds is 14. The van der Waals surface area contributed by atoms with Crippen LogP contribution >= 0.6 is 11.8 Å². The fourth-order valence-corrected chi connectivity index (χ4v) is 5.31. The van der Waals surface area contributed by atoms with Gasteiger partial charge in [0, 0.05) is 29.5 Å². The fraction of sp³-hybridized carbons (Fsp3) is 0.250. The quantitative estimate of drug-likeness (QED) is 0.0530. The number of ether oxygens (including phenoxy) is 1. The number of aliphatic hydroxyl groups is 1. The van der Waals surface area contributed by atoms with Crippen molar-refractivity contribution in [3.63, 3.8) is 0 Å². The Balaban J connectivity index is 1.34. The van der Waals surface area contributed by atoms with Crippen molar-refractivity contribution in [2.75, 3.05) is 30.8 Å². The van der Waals surface area contributed by atoms with Gasteiger partial charge in [-0.1, -0.05) is 36.0 Å². The van der Waals surface area contributed by atoms with Crippen molar-refractivity contribution in [1.82, 2.24) is 24.8 Å². The van der Waals surface area contributed by atoms with Crippen LogP contribution in [-0.2, 0) is 29.2 Å². The molecule has 2 atom stereocenters. The Labute approximate surface area is 231 Å². The summed E-state index contributed by atoms with van der Waals surface area (Å²) >= 11 is 1.11. The predicted molar refractivity (Wildman–Crippen MR) is 144 cm³/mol. The van der Waals surface area contributed by atoms with Crippen LogP contribution in [0.15, 0.2) is 59.0 Å². The number of nitrogens with zero attached hydrogens (tertiary/aromatic N) is 4. The SMILES string of the molecule is O=C[C@@H](CO)O[C@H](C=O)n1cnc2c(SCC(=O)NCCNc3cccc4c(S(=O)(=O)O)cccc34)ncnc21. The Morgan fingerprint density at radius 2 is 1.85 bits per heavy atom. The minimum atomic E-state index is -4.38. The molecule has 0 saturated carbocycles. The maximum absolute atomic E-state index is 12.4. The Kier molecular flexibility index (Phi) is 9.38. The summed E-state index contributed by atoms with van der Waals surface area (Å²) in [6.45, 7) is 0.0112. The van der Waals surface area contributed by atoms with Crippen molar-refractivity contribution in [3.8, 4) is 0 Å².